The smallest absolute Gasteiger partial charge is 0.191 e. The SMILES string of the molecule is CCNC(=NCc1ccnc(-n2ccnc2)c1)NCCCOCC1CC1. The number of hydrogen-bond donors (Lipinski definition) is 2. The summed E-state index contributed by atoms with van der Waals surface area (Å²) in [6.45, 7) is 6.09. The average Bonchev–Trinajstić information content (AvgIpc) is 3.32. The first-order valence-corrected chi connectivity index (χ1v) is 9.38. The van der Waals surface area contributed by atoms with Gasteiger partial charge in [-0.3, -0.25) is 4.57 Å². The van der Waals surface area contributed by atoms with Gasteiger partial charge in [-0.15, -0.1) is 0 Å². The summed E-state index contributed by atoms with van der Waals surface area (Å²) in [6.07, 6.45) is 10.8. The minimum atomic E-state index is 0.595. The Morgan fingerprint density at radius 3 is 3.04 bits per heavy atom. The predicted octanol–water partition coefficient (Wildman–Crippen LogP) is 2.14. The molecular formula is C19H28N6O. The highest BCUT2D eigenvalue weighted by atomic mass is 16.5. The number of hydrogen-bond acceptors (Lipinski definition) is 4. The molecule has 2 heterocycles. The number of ether oxygens (including phenoxy) is 1. The number of rotatable bonds is 10. The minimum Gasteiger partial charge on any atom is -0.381 e. The van der Waals surface area contributed by atoms with Crippen molar-refractivity contribution in [3.63, 3.8) is 0 Å². The van der Waals surface area contributed by atoms with Crippen molar-refractivity contribution in [2.45, 2.75) is 32.7 Å². The van der Waals surface area contributed by atoms with Gasteiger partial charge in [0, 0.05) is 44.9 Å². The zero-order valence-corrected chi connectivity index (χ0v) is 15.4. The van der Waals surface area contributed by atoms with Gasteiger partial charge in [-0.1, -0.05) is 0 Å². The van der Waals surface area contributed by atoms with Gasteiger partial charge < -0.3 is 15.4 Å². The third-order valence-corrected chi connectivity index (χ3v) is 4.15. The first-order valence-electron chi connectivity index (χ1n) is 9.38. The van der Waals surface area contributed by atoms with Crippen LogP contribution in [0.25, 0.3) is 5.82 Å². The Hall–Kier alpha value is -2.41. The summed E-state index contributed by atoms with van der Waals surface area (Å²) in [5.41, 5.74) is 1.11. The van der Waals surface area contributed by atoms with E-state index >= 15 is 0 Å². The standard InChI is InChI=1S/C19H28N6O/c1-2-21-19(23-7-3-11-26-14-16-4-5-16)24-13-17-6-8-22-18(12-17)25-10-9-20-15-25/h6,8-10,12,15-16H,2-5,7,11,13-14H2,1H3,(H2,21,23,24). The molecule has 26 heavy (non-hydrogen) atoms. The quantitative estimate of drug-likeness (QED) is 0.387. The Balaban J connectivity index is 1.46. The van der Waals surface area contributed by atoms with E-state index in [-0.39, 0.29) is 0 Å². The lowest BCUT2D eigenvalue weighted by Gasteiger charge is -2.11. The van der Waals surface area contributed by atoms with Gasteiger partial charge in [0.2, 0.25) is 0 Å². The van der Waals surface area contributed by atoms with Crippen molar-refractivity contribution in [3.8, 4) is 5.82 Å². The van der Waals surface area contributed by atoms with E-state index in [2.05, 4.69) is 32.5 Å². The fourth-order valence-corrected chi connectivity index (χ4v) is 2.52. The first kappa shape index (κ1) is 18.4. The monoisotopic (exact) mass is 356 g/mol. The van der Waals surface area contributed by atoms with E-state index < -0.39 is 0 Å². The number of imidazole rings is 1. The van der Waals surface area contributed by atoms with Crippen LogP contribution in [0.3, 0.4) is 0 Å². The second-order valence-corrected chi connectivity index (χ2v) is 6.49. The van der Waals surface area contributed by atoms with E-state index in [1.807, 2.05) is 22.9 Å². The molecule has 1 aliphatic carbocycles. The highest BCUT2D eigenvalue weighted by Crippen LogP contribution is 2.28. The molecule has 2 aromatic rings. The summed E-state index contributed by atoms with van der Waals surface area (Å²) in [6, 6.07) is 4.01. The molecule has 7 heteroatoms. The lowest BCUT2D eigenvalue weighted by Crippen LogP contribution is -2.38. The van der Waals surface area contributed by atoms with Crippen molar-refractivity contribution in [1.82, 2.24) is 25.2 Å². The Bertz CT molecular complexity index is 681. The molecule has 140 valence electrons. The van der Waals surface area contributed by atoms with E-state index in [9.17, 15) is 0 Å². The van der Waals surface area contributed by atoms with E-state index in [4.69, 9.17) is 4.74 Å². The molecule has 1 aliphatic rings. The molecule has 2 aromatic heterocycles. The van der Waals surface area contributed by atoms with Crippen LogP contribution in [0, 0.1) is 5.92 Å². The van der Waals surface area contributed by atoms with Gasteiger partial charge in [-0.2, -0.15) is 0 Å². The molecule has 0 amide bonds. The van der Waals surface area contributed by atoms with Crippen LogP contribution >= 0.6 is 0 Å². The van der Waals surface area contributed by atoms with Gasteiger partial charge in [0.15, 0.2) is 5.96 Å². The zero-order chi connectivity index (χ0) is 18.0. The summed E-state index contributed by atoms with van der Waals surface area (Å²) in [7, 11) is 0. The van der Waals surface area contributed by atoms with Crippen molar-refractivity contribution in [2.24, 2.45) is 10.9 Å². The van der Waals surface area contributed by atoms with Gasteiger partial charge in [0.25, 0.3) is 0 Å². The van der Waals surface area contributed by atoms with Crippen LogP contribution in [0.4, 0.5) is 0 Å². The predicted molar refractivity (Wildman–Crippen MR) is 102 cm³/mol. The van der Waals surface area contributed by atoms with Crippen molar-refractivity contribution < 1.29 is 4.74 Å². The van der Waals surface area contributed by atoms with E-state index in [1.54, 1.807) is 18.7 Å². The first-order chi connectivity index (χ1) is 12.8. The summed E-state index contributed by atoms with van der Waals surface area (Å²) in [4.78, 5) is 13.1. The Labute approximate surface area is 154 Å². The number of nitrogens with zero attached hydrogens (tertiary/aromatic N) is 4. The summed E-state index contributed by atoms with van der Waals surface area (Å²) in [5, 5.41) is 6.65. The van der Waals surface area contributed by atoms with E-state index in [1.165, 1.54) is 12.8 Å². The van der Waals surface area contributed by atoms with Gasteiger partial charge in [-0.05, 0) is 49.8 Å². The molecule has 0 bridgehead atoms. The molecule has 3 rings (SSSR count). The molecule has 0 radical (unpaired) electrons. The van der Waals surface area contributed by atoms with Gasteiger partial charge in [0.1, 0.15) is 12.1 Å². The molecule has 0 aromatic carbocycles. The van der Waals surface area contributed by atoms with Crippen LogP contribution in [0.1, 0.15) is 31.7 Å². The van der Waals surface area contributed by atoms with E-state index in [0.29, 0.717) is 6.54 Å². The fourth-order valence-electron chi connectivity index (χ4n) is 2.52. The van der Waals surface area contributed by atoms with Crippen molar-refractivity contribution in [1.29, 1.82) is 0 Å². The van der Waals surface area contributed by atoms with Gasteiger partial charge in [-0.25, -0.2) is 15.0 Å². The number of nitrogens with one attached hydrogen (secondary N) is 2. The molecule has 0 atom stereocenters. The Morgan fingerprint density at radius 2 is 2.27 bits per heavy atom. The molecular weight excluding hydrogens is 328 g/mol. The normalized spacial score (nSPS) is 14.4. The van der Waals surface area contributed by atoms with Crippen LogP contribution in [0.15, 0.2) is 42.0 Å². The van der Waals surface area contributed by atoms with Crippen LogP contribution in [0.5, 0.6) is 0 Å². The van der Waals surface area contributed by atoms with Crippen molar-refractivity contribution >= 4 is 5.96 Å². The van der Waals surface area contributed by atoms with Crippen LogP contribution < -0.4 is 10.6 Å². The lowest BCUT2D eigenvalue weighted by atomic mass is 10.2. The minimum absolute atomic E-state index is 0.595. The molecule has 0 spiro atoms. The summed E-state index contributed by atoms with van der Waals surface area (Å²) in [5.74, 6) is 2.51. The third kappa shape index (κ3) is 6.15. The molecule has 1 fully saturated rings. The lowest BCUT2D eigenvalue weighted by molar-refractivity contribution is 0.123. The highest BCUT2D eigenvalue weighted by molar-refractivity contribution is 5.79. The molecule has 1 saturated carbocycles. The Morgan fingerprint density at radius 1 is 1.35 bits per heavy atom. The van der Waals surface area contributed by atoms with Crippen molar-refractivity contribution in [2.75, 3.05) is 26.3 Å². The fraction of sp³-hybridized carbons (Fsp3) is 0.526. The van der Waals surface area contributed by atoms with Gasteiger partial charge in [0.05, 0.1) is 6.54 Å². The third-order valence-electron chi connectivity index (χ3n) is 4.15. The number of guanidine groups is 1. The largest absolute Gasteiger partial charge is 0.381 e. The summed E-state index contributed by atoms with van der Waals surface area (Å²) < 4.78 is 7.55. The maximum absolute atomic E-state index is 5.66. The van der Waals surface area contributed by atoms with Crippen LogP contribution in [-0.2, 0) is 11.3 Å². The second-order valence-electron chi connectivity index (χ2n) is 6.49. The van der Waals surface area contributed by atoms with Crippen LogP contribution in [0.2, 0.25) is 0 Å². The number of pyridine rings is 1. The number of aromatic nitrogens is 3. The van der Waals surface area contributed by atoms with Crippen molar-refractivity contribution in [3.05, 3.63) is 42.6 Å². The Kier molecular flexibility index (Phi) is 7.01. The topological polar surface area (TPSA) is 76.4 Å². The van der Waals surface area contributed by atoms with Gasteiger partial charge >= 0.3 is 0 Å². The molecule has 0 unspecified atom stereocenters. The molecule has 0 saturated heterocycles. The molecule has 7 nitrogen and oxygen atoms in total. The average molecular weight is 356 g/mol. The summed E-state index contributed by atoms with van der Waals surface area (Å²) >= 11 is 0. The second kappa shape index (κ2) is 9.91. The molecule has 0 aliphatic heterocycles. The molecule has 2 N–H and O–H groups in total. The van der Waals surface area contributed by atoms with Crippen LogP contribution in [-0.4, -0.2) is 46.8 Å². The number of aliphatic imine (C=N–C) groups is 1. The zero-order valence-electron chi connectivity index (χ0n) is 15.4. The maximum atomic E-state index is 5.66. The van der Waals surface area contributed by atoms with E-state index in [0.717, 1.165) is 56.0 Å². The maximum Gasteiger partial charge on any atom is 0.191 e. The highest BCUT2D eigenvalue weighted by Gasteiger charge is 2.20.